The van der Waals surface area contributed by atoms with Gasteiger partial charge >= 0.3 is 0 Å². The van der Waals surface area contributed by atoms with Gasteiger partial charge in [-0.1, -0.05) is 34.1 Å². The predicted octanol–water partition coefficient (Wildman–Crippen LogP) is 4.24. The predicted molar refractivity (Wildman–Crippen MR) is 120 cm³/mol. The van der Waals surface area contributed by atoms with Gasteiger partial charge in [-0.3, -0.25) is 19.8 Å². The van der Waals surface area contributed by atoms with Gasteiger partial charge in [-0.05, 0) is 62.2 Å². The van der Waals surface area contributed by atoms with E-state index in [2.05, 4.69) is 43.6 Å². The highest BCUT2D eigenvalue weighted by Gasteiger charge is 2.11. The molecule has 3 rings (SSSR count). The number of carbonyl (C=O) groups excluding carboxylic acids is 1. The molecule has 0 aliphatic rings. The van der Waals surface area contributed by atoms with E-state index in [-0.39, 0.29) is 5.91 Å². The number of guanidine groups is 1. The van der Waals surface area contributed by atoms with Crippen molar-refractivity contribution in [2.45, 2.75) is 20.3 Å². The van der Waals surface area contributed by atoms with Crippen molar-refractivity contribution in [3.05, 3.63) is 81.6 Å². The highest BCUT2D eigenvalue weighted by atomic mass is 79.9. The zero-order valence-corrected chi connectivity index (χ0v) is 18.3. The number of rotatable bonds is 5. The number of benzene rings is 2. The van der Waals surface area contributed by atoms with Gasteiger partial charge in [0, 0.05) is 35.0 Å². The van der Waals surface area contributed by atoms with Gasteiger partial charge in [0.2, 0.25) is 5.96 Å². The van der Waals surface area contributed by atoms with E-state index in [1.54, 1.807) is 12.1 Å². The average molecular weight is 454 g/mol. The van der Waals surface area contributed by atoms with Crippen molar-refractivity contribution in [3.8, 4) is 0 Å². The molecule has 2 N–H and O–H groups in total. The van der Waals surface area contributed by atoms with Gasteiger partial charge in [-0.15, -0.1) is 0 Å². The summed E-state index contributed by atoms with van der Waals surface area (Å²) >= 11 is 3.43. The van der Waals surface area contributed by atoms with E-state index in [0.717, 1.165) is 28.0 Å². The standard InChI is InChI=1S/C22H24BrN5O/c1-15-20(16(2)28(3)27-15)13-14-24-22(25-19-11-9-18(23)10-12-19)26-21(29)17-7-5-4-6-8-17/h4-12H,13-14H2,1-3H3,(H2,24,25,26,29). The summed E-state index contributed by atoms with van der Waals surface area (Å²) in [6, 6.07) is 16.8. The third-order valence-electron chi connectivity index (χ3n) is 4.67. The Labute approximate surface area is 179 Å². The van der Waals surface area contributed by atoms with Crippen LogP contribution in [0.1, 0.15) is 27.3 Å². The molecule has 150 valence electrons. The first kappa shape index (κ1) is 20.8. The number of aryl methyl sites for hydroxylation is 2. The van der Waals surface area contributed by atoms with Crippen LogP contribution in [0.5, 0.6) is 0 Å². The first-order chi connectivity index (χ1) is 13.9. The zero-order valence-electron chi connectivity index (χ0n) is 16.7. The average Bonchev–Trinajstić information content (AvgIpc) is 2.96. The number of nitrogens with one attached hydrogen (secondary N) is 2. The first-order valence-corrected chi connectivity index (χ1v) is 10.2. The Balaban J connectivity index is 1.76. The van der Waals surface area contributed by atoms with E-state index in [0.29, 0.717) is 18.1 Å². The van der Waals surface area contributed by atoms with Crippen molar-refractivity contribution in [2.24, 2.45) is 12.0 Å². The monoisotopic (exact) mass is 453 g/mol. The highest BCUT2D eigenvalue weighted by molar-refractivity contribution is 9.10. The van der Waals surface area contributed by atoms with Crippen LogP contribution in [-0.4, -0.2) is 28.2 Å². The molecule has 2 aromatic carbocycles. The zero-order chi connectivity index (χ0) is 20.8. The van der Waals surface area contributed by atoms with Crippen molar-refractivity contribution in [2.75, 3.05) is 11.9 Å². The minimum atomic E-state index is -0.206. The molecule has 0 radical (unpaired) electrons. The number of amides is 1. The van der Waals surface area contributed by atoms with E-state index in [1.165, 1.54) is 5.56 Å². The molecule has 0 spiro atoms. The SMILES string of the molecule is Cc1nn(C)c(C)c1CCN=C(NC(=O)c1ccccc1)Nc1ccc(Br)cc1. The Morgan fingerprint density at radius 2 is 1.79 bits per heavy atom. The fourth-order valence-corrected chi connectivity index (χ4v) is 3.27. The number of aliphatic imine (C=N–C) groups is 1. The third kappa shape index (κ3) is 5.54. The Kier molecular flexibility index (Phi) is 6.82. The van der Waals surface area contributed by atoms with Crippen LogP contribution in [0.4, 0.5) is 5.69 Å². The second-order valence-electron chi connectivity index (χ2n) is 6.71. The molecule has 1 aromatic heterocycles. The lowest BCUT2D eigenvalue weighted by atomic mass is 10.1. The molecule has 0 unspecified atom stereocenters. The number of hydrogen-bond acceptors (Lipinski definition) is 3. The lowest BCUT2D eigenvalue weighted by Crippen LogP contribution is -2.36. The van der Waals surface area contributed by atoms with Crippen LogP contribution < -0.4 is 10.6 Å². The molecule has 0 aliphatic heterocycles. The van der Waals surface area contributed by atoms with Gasteiger partial charge in [-0.25, -0.2) is 0 Å². The van der Waals surface area contributed by atoms with E-state index < -0.39 is 0 Å². The minimum absolute atomic E-state index is 0.206. The Hall–Kier alpha value is -2.93. The van der Waals surface area contributed by atoms with Crippen LogP contribution in [0.15, 0.2) is 64.1 Å². The summed E-state index contributed by atoms with van der Waals surface area (Å²) in [6.07, 6.45) is 0.748. The largest absolute Gasteiger partial charge is 0.326 e. The van der Waals surface area contributed by atoms with E-state index in [1.807, 2.05) is 61.1 Å². The van der Waals surface area contributed by atoms with Crippen LogP contribution in [0.2, 0.25) is 0 Å². The number of aromatic nitrogens is 2. The fraction of sp³-hybridized carbons (Fsp3) is 0.227. The van der Waals surface area contributed by atoms with Crippen LogP contribution in [-0.2, 0) is 13.5 Å². The summed E-state index contributed by atoms with van der Waals surface area (Å²) in [7, 11) is 1.94. The van der Waals surface area contributed by atoms with Crippen LogP contribution >= 0.6 is 15.9 Å². The van der Waals surface area contributed by atoms with Crippen LogP contribution in [0.3, 0.4) is 0 Å². The minimum Gasteiger partial charge on any atom is -0.326 e. The number of hydrogen-bond donors (Lipinski definition) is 2. The normalized spacial score (nSPS) is 11.4. The lowest BCUT2D eigenvalue weighted by molar-refractivity contribution is 0.0977. The molecule has 6 nitrogen and oxygen atoms in total. The van der Waals surface area contributed by atoms with Crippen molar-refractivity contribution in [1.29, 1.82) is 0 Å². The maximum Gasteiger partial charge on any atom is 0.257 e. The van der Waals surface area contributed by atoms with Gasteiger partial charge in [0.25, 0.3) is 5.91 Å². The summed E-state index contributed by atoms with van der Waals surface area (Å²) in [6.45, 7) is 4.59. The Morgan fingerprint density at radius 3 is 2.41 bits per heavy atom. The summed E-state index contributed by atoms with van der Waals surface area (Å²) in [5, 5.41) is 10.5. The summed E-state index contributed by atoms with van der Waals surface area (Å²) in [4.78, 5) is 17.2. The van der Waals surface area contributed by atoms with Crippen LogP contribution in [0, 0.1) is 13.8 Å². The molecule has 29 heavy (non-hydrogen) atoms. The smallest absolute Gasteiger partial charge is 0.257 e. The van der Waals surface area contributed by atoms with Gasteiger partial charge in [-0.2, -0.15) is 5.10 Å². The Morgan fingerprint density at radius 1 is 1.10 bits per heavy atom. The highest BCUT2D eigenvalue weighted by Crippen LogP contribution is 2.15. The molecule has 0 fully saturated rings. The van der Waals surface area contributed by atoms with Crippen molar-refractivity contribution < 1.29 is 4.79 Å². The molecule has 3 aromatic rings. The lowest BCUT2D eigenvalue weighted by Gasteiger charge is -2.12. The molecule has 0 saturated heterocycles. The third-order valence-corrected chi connectivity index (χ3v) is 5.19. The van der Waals surface area contributed by atoms with E-state index in [4.69, 9.17) is 0 Å². The number of nitrogens with zero attached hydrogens (tertiary/aromatic N) is 3. The van der Waals surface area contributed by atoms with Crippen molar-refractivity contribution in [1.82, 2.24) is 15.1 Å². The molecule has 1 heterocycles. The second kappa shape index (κ2) is 9.52. The molecule has 0 saturated carbocycles. The van der Waals surface area contributed by atoms with Crippen molar-refractivity contribution >= 4 is 33.5 Å². The molecule has 1 amide bonds. The first-order valence-electron chi connectivity index (χ1n) is 9.36. The fourth-order valence-electron chi connectivity index (χ4n) is 3.01. The van der Waals surface area contributed by atoms with Gasteiger partial charge in [0.1, 0.15) is 0 Å². The van der Waals surface area contributed by atoms with Crippen molar-refractivity contribution in [3.63, 3.8) is 0 Å². The molecular weight excluding hydrogens is 430 g/mol. The number of carbonyl (C=O) groups is 1. The maximum absolute atomic E-state index is 12.6. The molecule has 0 aliphatic carbocycles. The van der Waals surface area contributed by atoms with E-state index in [9.17, 15) is 4.79 Å². The second-order valence-corrected chi connectivity index (χ2v) is 7.62. The van der Waals surface area contributed by atoms with Gasteiger partial charge < -0.3 is 5.32 Å². The molecule has 7 heteroatoms. The maximum atomic E-state index is 12.6. The quantitative estimate of drug-likeness (QED) is 0.448. The molecular formula is C22H24BrN5O. The Bertz CT molecular complexity index is 1010. The van der Waals surface area contributed by atoms with E-state index >= 15 is 0 Å². The van der Waals surface area contributed by atoms with Crippen LogP contribution in [0.25, 0.3) is 0 Å². The van der Waals surface area contributed by atoms with Gasteiger partial charge in [0.15, 0.2) is 0 Å². The summed E-state index contributed by atoms with van der Waals surface area (Å²) in [5.41, 5.74) is 4.75. The number of halogens is 1. The number of anilines is 1. The summed E-state index contributed by atoms with van der Waals surface area (Å²) < 4.78 is 2.87. The molecule has 0 bridgehead atoms. The summed E-state index contributed by atoms with van der Waals surface area (Å²) in [5.74, 6) is 0.211. The van der Waals surface area contributed by atoms with Gasteiger partial charge in [0.05, 0.1) is 5.69 Å². The topological polar surface area (TPSA) is 71.3 Å². The molecule has 0 atom stereocenters.